The minimum Gasteiger partial charge on any atom is -0.450 e. The second-order valence-electron chi connectivity index (χ2n) is 3.45. The number of nitrogens with zero attached hydrogens (tertiary/aromatic N) is 2. The number of ether oxygens (including phenoxy) is 1. The summed E-state index contributed by atoms with van der Waals surface area (Å²) in [6.07, 6.45) is 0.0300. The Balaban J connectivity index is 4.09. The van der Waals surface area contributed by atoms with Crippen LogP contribution in [0.5, 0.6) is 0 Å². The van der Waals surface area contributed by atoms with Crippen LogP contribution in [0.3, 0.4) is 0 Å². The molecule has 0 saturated heterocycles. The van der Waals surface area contributed by atoms with E-state index in [0.29, 0.717) is 32.0 Å². The molecule has 0 spiro atoms. The van der Waals surface area contributed by atoms with Crippen LogP contribution >= 0.6 is 0 Å². The van der Waals surface area contributed by atoms with Gasteiger partial charge in [-0.1, -0.05) is 13.8 Å². The number of carbonyl (C=O) groups excluding carboxylic acids is 1. The number of hydrogen-bond donors (Lipinski definition) is 0. The highest BCUT2D eigenvalue weighted by Crippen LogP contribution is 2.02. The molecule has 4 heteroatoms. The molecular formula is C10H18N2O2. The molecule has 14 heavy (non-hydrogen) atoms. The van der Waals surface area contributed by atoms with Gasteiger partial charge >= 0.3 is 6.09 Å². The molecule has 0 aromatic rings. The van der Waals surface area contributed by atoms with Crippen LogP contribution in [0.4, 0.5) is 4.79 Å². The molecule has 0 N–H and O–H groups in total. The minimum absolute atomic E-state index is 0.323. The summed E-state index contributed by atoms with van der Waals surface area (Å²) in [6.45, 7) is 7.29. The first-order chi connectivity index (χ1) is 6.61. The Morgan fingerprint density at radius 2 is 2.21 bits per heavy atom. The van der Waals surface area contributed by atoms with Crippen molar-refractivity contribution in [3.05, 3.63) is 0 Å². The summed E-state index contributed by atoms with van der Waals surface area (Å²) in [5, 5.41) is 8.43. The molecule has 0 rings (SSSR count). The first-order valence-electron chi connectivity index (χ1n) is 4.90. The van der Waals surface area contributed by atoms with Crippen molar-refractivity contribution in [2.75, 3.05) is 19.7 Å². The third-order valence-electron chi connectivity index (χ3n) is 1.61. The van der Waals surface area contributed by atoms with Gasteiger partial charge in [0.05, 0.1) is 19.1 Å². The zero-order valence-electron chi connectivity index (χ0n) is 9.12. The van der Waals surface area contributed by atoms with Crippen molar-refractivity contribution in [3.63, 3.8) is 0 Å². The molecule has 0 aliphatic rings. The summed E-state index contributed by atoms with van der Waals surface area (Å²) in [5.74, 6) is 0.387. The van der Waals surface area contributed by atoms with Crippen molar-refractivity contribution < 1.29 is 9.53 Å². The van der Waals surface area contributed by atoms with E-state index in [-0.39, 0.29) is 6.09 Å². The molecule has 0 aliphatic heterocycles. The Labute approximate surface area is 85.5 Å². The third-order valence-corrected chi connectivity index (χ3v) is 1.61. The van der Waals surface area contributed by atoms with E-state index in [1.165, 1.54) is 0 Å². The molecule has 4 nitrogen and oxygen atoms in total. The summed E-state index contributed by atoms with van der Waals surface area (Å²) in [7, 11) is 0. The second kappa shape index (κ2) is 7.19. The van der Waals surface area contributed by atoms with E-state index < -0.39 is 0 Å². The van der Waals surface area contributed by atoms with E-state index in [9.17, 15) is 4.79 Å². The average molecular weight is 198 g/mol. The average Bonchev–Trinajstić information content (AvgIpc) is 2.12. The summed E-state index contributed by atoms with van der Waals surface area (Å²) < 4.78 is 4.88. The van der Waals surface area contributed by atoms with Gasteiger partial charge in [0.25, 0.3) is 0 Å². The van der Waals surface area contributed by atoms with Gasteiger partial charge in [0.1, 0.15) is 0 Å². The zero-order valence-corrected chi connectivity index (χ0v) is 9.12. The van der Waals surface area contributed by atoms with Crippen LogP contribution in [-0.4, -0.2) is 30.7 Å². The maximum Gasteiger partial charge on any atom is 0.409 e. The summed E-state index contributed by atoms with van der Waals surface area (Å²) in [4.78, 5) is 13.0. The van der Waals surface area contributed by atoms with Gasteiger partial charge in [0, 0.05) is 13.1 Å². The molecule has 0 aliphatic carbocycles. The van der Waals surface area contributed by atoms with E-state index in [1.807, 2.05) is 19.9 Å². The van der Waals surface area contributed by atoms with Gasteiger partial charge in [-0.25, -0.2) is 4.79 Å². The van der Waals surface area contributed by atoms with Crippen molar-refractivity contribution in [3.8, 4) is 6.07 Å². The van der Waals surface area contributed by atoms with Crippen LogP contribution in [0.1, 0.15) is 27.2 Å². The van der Waals surface area contributed by atoms with E-state index in [4.69, 9.17) is 10.00 Å². The molecule has 0 atom stereocenters. The lowest BCUT2D eigenvalue weighted by molar-refractivity contribution is 0.103. The molecule has 0 radical (unpaired) electrons. The van der Waals surface area contributed by atoms with Crippen molar-refractivity contribution in [2.45, 2.75) is 27.2 Å². The lowest BCUT2D eigenvalue weighted by atomic mass is 10.2. The molecule has 0 heterocycles. The smallest absolute Gasteiger partial charge is 0.409 e. The monoisotopic (exact) mass is 198 g/mol. The Morgan fingerprint density at radius 3 is 2.64 bits per heavy atom. The third kappa shape index (κ3) is 5.41. The van der Waals surface area contributed by atoms with Crippen molar-refractivity contribution >= 4 is 6.09 Å². The number of carbonyl (C=O) groups is 1. The van der Waals surface area contributed by atoms with Crippen molar-refractivity contribution in [1.82, 2.24) is 4.90 Å². The number of amides is 1. The summed E-state index contributed by atoms with van der Waals surface area (Å²) >= 11 is 0. The maximum atomic E-state index is 11.4. The normalized spacial score (nSPS) is 9.64. The van der Waals surface area contributed by atoms with E-state index in [2.05, 4.69) is 0 Å². The van der Waals surface area contributed by atoms with Crippen LogP contribution < -0.4 is 0 Å². The topological polar surface area (TPSA) is 53.3 Å². The van der Waals surface area contributed by atoms with Gasteiger partial charge in [-0.05, 0) is 12.8 Å². The lowest BCUT2D eigenvalue weighted by Crippen LogP contribution is -2.35. The first kappa shape index (κ1) is 12.8. The standard InChI is InChI=1S/C10H18N2O2/c1-4-14-10(13)12(7-5-6-11)8-9(2)3/h9H,4-5,7-8H2,1-3H3. The Morgan fingerprint density at radius 1 is 1.57 bits per heavy atom. The van der Waals surface area contributed by atoms with Crippen LogP contribution in [0.15, 0.2) is 0 Å². The van der Waals surface area contributed by atoms with E-state index in [0.717, 1.165) is 0 Å². The highest BCUT2D eigenvalue weighted by molar-refractivity contribution is 5.67. The molecule has 0 aromatic carbocycles. The molecule has 0 aromatic heterocycles. The van der Waals surface area contributed by atoms with Gasteiger partial charge in [0.2, 0.25) is 0 Å². The van der Waals surface area contributed by atoms with Gasteiger partial charge in [-0.15, -0.1) is 0 Å². The highest BCUT2D eigenvalue weighted by atomic mass is 16.6. The number of rotatable bonds is 5. The maximum absolute atomic E-state index is 11.4. The predicted molar refractivity (Wildman–Crippen MR) is 53.7 cm³/mol. The molecule has 80 valence electrons. The minimum atomic E-state index is -0.323. The van der Waals surface area contributed by atoms with Crippen LogP contribution in [0.25, 0.3) is 0 Å². The predicted octanol–water partition coefficient (Wildman–Crippen LogP) is 2.01. The van der Waals surface area contributed by atoms with E-state index >= 15 is 0 Å². The van der Waals surface area contributed by atoms with Gasteiger partial charge in [-0.3, -0.25) is 0 Å². The fourth-order valence-electron chi connectivity index (χ4n) is 1.10. The second-order valence-corrected chi connectivity index (χ2v) is 3.45. The largest absolute Gasteiger partial charge is 0.450 e. The Bertz CT molecular complexity index is 209. The highest BCUT2D eigenvalue weighted by Gasteiger charge is 2.14. The summed E-state index contributed by atoms with van der Waals surface area (Å²) in [5.41, 5.74) is 0. The fraction of sp³-hybridized carbons (Fsp3) is 0.800. The summed E-state index contributed by atoms with van der Waals surface area (Å²) in [6, 6.07) is 2.02. The van der Waals surface area contributed by atoms with Crippen LogP contribution in [0, 0.1) is 17.2 Å². The molecule has 0 fully saturated rings. The number of nitriles is 1. The molecule has 1 amide bonds. The van der Waals surface area contributed by atoms with Crippen molar-refractivity contribution in [1.29, 1.82) is 5.26 Å². The van der Waals surface area contributed by atoms with E-state index in [1.54, 1.807) is 11.8 Å². The van der Waals surface area contributed by atoms with Gasteiger partial charge < -0.3 is 9.64 Å². The van der Waals surface area contributed by atoms with Gasteiger partial charge in [-0.2, -0.15) is 5.26 Å². The van der Waals surface area contributed by atoms with Crippen LogP contribution in [-0.2, 0) is 4.74 Å². The Hall–Kier alpha value is -1.24. The molecule has 0 unspecified atom stereocenters. The van der Waals surface area contributed by atoms with Gasteiger partial charge in [0.15, 0.2) is 0 Å². The SMILES string of the molecule is CCOC(=O)N(CCC#N)CC(C)C. The fourth-order valence-corrected chi connectivity index (χ4v) is 1.10. The quantitative estimate of drug-likeness (QED) is 0.679. The zero-order chi connectivity index (χ0) is 11.0. The Kier molecular flexibility index (Phi) is 6.55. The number of hydrogen-bond acceptors (Lipinski definition) is 3. The molecular weight excluding hydrogens is 180 g/mol. The molecule has 0 bridgehead atoms. The lowest BCUT2D eigenvalue weighted by Gasteiger charge is -2.22. The van der Waals surface area contributed by atoms with Crippen LogP contribution in [0.2, 0.25) is 0 Å². The van der Waals surface area contributed by atoms with Crippen molar-refractivity contribution in [2.24, 2.45) is 5.92 Å². The molecule has 0 saturated carbocycles. The first-order valence-corrected chi connectivity index (χ1v) is 4.90.